The van der Waals surface area contributed by atoms with Crippen molar-refractivity contribution >= 4 is 39.9 Å². The molecule has 0 bridgehead atoms. The molecule has 2 aromatic rings. The number of nitrogen functional groups attached to an aromatic ring is 1. The van der Waals surface area contributed by atoms with Crippen molar-refractivity contribution in [2.24, 2.45) is 11.8 Å². The lowest BCUT2D eigenvalue weighted by molar-refractivity contribution is -0.117. The Kier molecular flexibility index (Phi) is 3.65. The molecular weight excluding hydrogens is 332 g/mol. The molecule has 26 heavy (non-hydrogen) atoms. The third-order valence-electron chi connectivity index (χ3n) is 4.88. The number of aromatic nitrogens is 1. The molecule has 1 aliphatic carbocycles. The Bertz CT molecular complexity index is 966. The summed E-state index contributed by atoms with van der Waals surface area (Å²) in [5.41, 5.74) is 7.36. The van der Waals surface area contributed by atoms with Crippen molar-refractivity contribution in [1.29, 1.82) is 5.26 Å². The van der Waals surface area contributed by atoms with Gasteiger partial charge in [-0.05, 0) is 36.9 Å². The molecule has 3 amide bonds. The first-order valence-electron chi connectivity index (χ1n) is 8.44. The molecule has 1 aliphatic heterocycles. The van der Waals surface area contributed by atoms with Gasteiger partial charge < -0.3 is 16.4 Å². The molecule has 132 valence electrons. The smallest absolute Gasteiger partial charge is 0.322 e. The zero-order chi connectivity index (χ0) is 18.4. The number of carbonyl (C=O) groups is 2. The van der Waals surface area contributed by atoms with E-state index in [1.807, 2.05) is 13.0 Å². The first-order chi connectivity index (χ1) is 12.5. The second-order valence-corrected chi connectivity index (χ2v) is 6.80. The van der Waals surface area contributed by atoms with Crippen LogP contribution in [0.3, 0.4) is 0 Å². The van der Waals surface area contributed by atoms with Gasteiger partial charge in [0, 0.05) is 29.5 Å². The highest BCUT2D eigenvalue weighted by Crippen LogP contribution is 2.38. The fourth-order valence-corrected chi connectivity index (χ4v) is 3.31. The summed E-state index contributed by atoms with van der Waals surface area (Å²) >= 11 is 0. The van der Waals surface area contributed by atoms with Gasteiger partial charge in [-0.3, -0.25) is 9.69 Å². The lowest BCUT2D eigenvalue weighted by Crippen LogP contribution is -2.32. The number of rotatable bonds is 3. The molecule has 2 heterocycles. The number of anilines is 3. The molecule has 1 aromatic heterocycles. The van der Waals surface area contributed by atoms with Gasteiger partial charge in [0.15, 0.2) is 0 Å². The predicted octanol–water partition coefficient (Wildman–Crippen LogP) is 1.83. The van der Waals surface area contributed by atoms with E-state index in [-0.39, 0.29) is 29.8 Å². The van der Waals surface area contributed by atoms with Gasteiger partial charge >= 0.3 is 6.03 Å². The zero-order valence-corrected chi connectivity index (χ0v) is 14.2. The Morgan fingerprint density at radius 2 is 2.27 bits per heavy atom. The number of urea groups is 1. The molecule has 2 aliphatic rings. The van der Waals surface area contributed by atoms with Crippen molar-refractivity contribution in [1.82, 2.24) is 10.3 Å². The Morgan fingerprint density at radius 1 is 1.46 bits per heavy atom. The quantitative estimate of drug-likeness (QED) is 0.729. The highest BCUT2D eigenvalue weighted by molar-refractivity contribution is 6.03. The Hall–Kier alpha value is -3.34. The van der Waals surface area contributed by atoms with Gasteiger partial charge in [-0.2, -0.15) is 5.26 Å². The van der Waals surface area contributed by atoms with E-state index in [1.165, 1.54) is 0 Å². The van der Waals surface area contributed by atoms with E-state index in [1.54, 1.807) is 23.2 Å². The molecule has 0 radical (unpaired) electrons. The molecule has 8 nitrogen and oxygen atoms in total. The normalized spacial score (nSPS) is 24.2. The van der Waals surface area contributed by atoms with Crippen LogP contribution in [0.2, 0.25) is 0 Å². The summed E-state index contributed by atoms with van der Waals surface area (Å²) in [7, 11) is 0. The van der Waals surface area contributed by atoms with Gasteiger partial charge in [0.1, 0.15) is 5.82 Å². The number of benzene rings is 1. The monoisotopic (exact) mass is 350 g/mol. The van der Waals surface area contributed by atoms with E-state index in [9.17, 15) is 9.59 Å². The molecule has 4 N–H and O–H groups in total. The molecule has 1 saturated heterocycles. The first-order valence-corrected chi connectivity index (χ1v) is 8.44. The van der Waals surface area contributed by atoms with E-state index in [0.717, 1.165) is 10.8 Å². The molecular formula is C18H18N6O2. The van der Waals surface area contributed by atoms with Gasteiger partial charge in [-0.1, -0.05) is 0 Å². The Labute approximate surface area is 150 Å². The molecule has 8 heteroatoms. The highest BCUT2D eigenvalue weighted by Gasteiger charge is 2.43. The maximum Gasteiger partial charge on any atom is 0.322 e. The van der Waals surface area contributed by atoms with Gasteiger partial charge in [-0.15, -0.1) is 0 Å². The van der Waals surface area contributed by atoms with Crippen molar-refractivity contribution in [3.05, 3.63) is 24.4 Å². The number of nitrogens with zero attached hydrogens (tertiary/aromatic N) is 3. The molecule has 1 aromatic carbocycles. The van der Waals surface area contributed by atoms with Crippen LogP contribution in [0.4, 0.5) is 22.0 Å². The summed E-state index contributed by atoms with van der Waals surface area (Å²) in [6, 6.07) is 7.32. The average molecular weight is 350 g/mol. The summed E-state index contributed by atoms with van der Waals surface area (Å²) in [5, 5.41) is 15.9. The van der Waals surface area contributed by atoms with Gasteiger partial charge in [0.25, 0.3) is 0 Å². The molecule has 1 unspecified atom stereocenters. The summed E-state index contributed by atoms with van der Waals surface area (Å²) in [5.74, 6) is -0.252. The number of nitrogens with one attached hydrogen (secondary N) is 2. The summed E-state index contributed by atoms with van der Waals surface area (Å²) < 4.78 is 0. The standard InChI is InChI=1S/C18H18N6O2/c1-9-7-22-18(26)24(9)12-2-10-4-16(21-8-14(10)15(20)5-12)23-17(25)13-3-11(13)6-19/h2,4-5,8-9,11,13H,3,7,20H2,1H3,(H,22,26)(H,21,23,25)/t9?,11-,13+/m0/s1. The van der Waals surface area contributed by atoms with Gasteiger partial charge in [0.05, 0.1) is 23.9 Å². The summed E-state index contributed by atoms with van der Waals surface area (Å²) in [6.07, 6.45) is 2.20. The third-order valence-corrected chi connectivity index (χ3v) is 4.88. The van der Waals surface area contributed by atoms with Crippen LogP contribution in [0.15, 0.2) is 24.4 Å². The second-order valence-electron chi connectivity index (χ2n) is 6.80. The lowest BCUT2D eigenvalue weighted by atomic mass is 10.1. The largest absolute Gasteiger partial charge is 0.398 e. The maximum atomic E-state index is 12.1. The van der Waals surface area contributed by atoms with Crippen molar-refractivity contribution < 1.29 is 9.59 Å². The van der Waals surface area contributed by atoms with Crippen molar-refractivity contribution in [2.45, 2.75) is 19.4 Å². The van der Waals surface area contributed by atoms with Crippen LogP contribution in [0, 0.1) is 23.2 Å². The average Bonchev–Trinajstić information content (AvgIpc) is 3.33. The van der Waals surface area contributed by atoms with Gasteiger partial charge in [-0.25, -0.2) is 9.78 Å². The lowest BCUT2D eigenvalue weighted by Gasteiger charge is -2.21. The number of fused-ring (bicyclic) bond motifs is 1. The number of amides is 3. The number of pyridine rings is 1. The molecule has 1 saturated carbocycles. The number of hydrogen-bond acceptors (Lipinski definition) is 5. The molecule has 3 atom stereocenters. The van der Waals surface area contributed by atoms with Crippen LogP contribution in [-0.4, -0.2) is 29.5 Å². The van der Waals surface area contributed by atoms with E-state index in [2.05, 4.69) is 21.7 Å². The summed E-state index contributed by atoms with van der Waals surface area (Å²) in [4.78, 5) is 30.1. The summed E-state index contributed by atoms with van der Waals surface area (Å²) in [6.45, 7) is 2.54. The van der Waals surface area contributed by atoms with Crippen molar-refractivity contribution in [2.75, 3.05) is 22.5 Å². The van der Waals surface area contributed by atoms with E-state index >= 15 is 0 Å². The maximum absolute atomic E-state index is 12.1. The highest BCUT2D eigenvalue weighted by atomic mass is 16.2. The fraction of sp³-hybridized carbons (Fsp3) is 0.333. The topological polar surface area (TPSA) is 124 Å². The van der Waals surface area contributed by atoms with E-state index in [4.69, 9.17) is 11.0 Å². The molecule has 4 rings (SSSR count). The van der Waals surface area contributed by atoms with Crippen LogP contribution in [-0.2, 0) is 4.79 Å². The SMILES string of the molecule is CC1CNC(=O)N1c1cc(N)c2cnc(NC(=O)[C@@H]3C[C@H]3C#N)cc2c1. The minimum atomic E-state index is -0.261. The number of nitriles is 1. The van der Waals surface area contributed by atoms with E-state index < -0.39 is 0 Å². The Morgan fingerprint density at radius 3 is 2.92 bits per heavy atom. The molecule has 2 fully saturated rings. The number of carbonyl (C=O) groups excluding carboxylic acids is 2. The van der Waals surface area contributed by atoms with Crippen LogP contribution in [0.25, 0.3) is 10.8 Å². The van der Waals surface area contributed by atoms with Crippen molar-refractivity contribution in [3.63, 3.8) is 0 Å². The zero-order valence-electron chi connectivity index (χ0n) is 14.2. The minimum Gasteiger partial charge on any atom is -0.398 e. The fourth-order valence-electron chi connectivity index (χ4n) is 3.31. The Balaban J connectivity index is 1.65. The van der Waals surface area contributed by atoms with Crippen LogP contribution in [0.1, 0.15) is 13.3 Å². The predicted molar refractivity (Wildman–Crippen MR) is 97.3 cm³/mol. The number of hydrogen-bond donors (Lipinski definition) is 3. The second kappa shape index (κ2) is 5.88. The third kappa shape index (κ3) is 2.67. The number of nitrogens with two attached hydrogens (primary N) is 1. The first kappa shape index (κ1) is 16.1. The van der Waals surface area contributed by atoms with Crippen molar-refractivity contribution in [3.8, 4) is 6.07 Å². The van der Waals surface area contributed by atoms with Crippen LogP contribution >= 0.6 is 0 Å². The van der Waals surface area contributed by atoms with Gasteiger partial charge in [0.2, 0.25) is 5.91 Å². The minimum absolute atomic E-state index is 0.0261. The van der Waals surface area contributed by atoms with E-state index in [0.29, 0.717) is 30.2 Å². The van der Waals surface area contributed by atoms with Crippen LogP contribution < -0.4 is 21.3 Å². The molecule has 0 spiro atoms. The van der Waals surface area contributed by atoms with Crippen LogP contribution in [0.5, 0.6) is 0 Å².